The number of hydrogen-bond acceptors (Lipinski definition) is 7. The van der Waals surface area contributed by atoms with Crippen LogP contribution in [0.4, 0.5) is 17.6 Å². The Kier molecular flexibility index (Phi) is 4.66. The highest BCUT2D eigenvalue weighted by Crippen LogP contribution is 2.31. The van der Waals surface area contributed by atoms with Crippen molar-refractivity contribution in [1.29, 1.82) is 0 Å². The lowest BCUT2D eigenvalue weighted by Gasteiger charge is -2.41. The SMILES string of the molecule is CC(C)n1ncc2cnc(Nc3ccnc(N4CCC(O)C(C)(C)C4)n3)cc21. The second-order valence-electron chi connectivity index (χ2n) is 8.39. The van der Waals surface area contributed by atoms with Crippen LogP contribution in [0.1, 0.15) is 40.2 Å². The van der Waals surface area contributed by atoms with Gasteiger partial charge in [0.2, 0.25) is 5.95 Å². The fourth-order valence-corrected chi connectivity index (χ4v) is 3.64. The molecular weight excluding hydrogens is 354 g/mol. The van der Waals surface area contributed by atoms with Gasteiger partial charge >= 0.3 is 0 Å². The Morgan fingerprint density at radius 2 is 2.04 bits per heavy atom. The van der Waals surface area contributed by atoms with Gasteiger partial charge < -0.3 is 15.3 Å². The van der Waals surface area contributed by atoms with Crippen LogP contribution in [0.25, 0.3) is 10.9 Å². The number of nitrogens with one attached hydrogen (secondary N) is 1. The van der Waals surface area contributed by atoms with Gasteiger partial charge in [0.25, 0.3) is 0 Å². The predicted octanol–water partition coefficient (Wildman–Crippen LogP) is 3.14. The van der Waals surface area contributed by atoms with Crippen LogP contribution in [0, 0.1) is 5.41 Å². The fourth-order valence-electron chi connectivity index (χ4n) is 3.64. The van der Waals surface area contributed by atoms with Gasteiger partial charge in [-0.2, -0.15) is 10.1 Å². The number of rotatable bonds is 4. The van der Waals surface area contributed by atoms with Crippen LogP contribution in [-0.4, -0.2) is 49.0 Å². The Labute approximate surface area is 164 Å². The molecule has 4 heterocycles. The third-order valence-corrected chi connectivity index (χ3v) is 5.32. The number of fused-ring (bicyclic) bond motifs is 1. The number of anilines is 3. The maximum Gasteiger partial charge on any atom is 0.227 e. The van der Waals surface area contributed by atoms with Crippen molar-refractivity contribution >= 4 is 28.5 Å². The molecule has 1 aliphatic rings. The summed E-state index contributed by atoms with van der Waals surface area (Å²) in [6.45, 7) is 9.81. The Morgan fingerprint density at radius 3 is 2.79 bits per heavy atom. The van der Waals surface area contributed by atoms with Crippen LogP contribution in [0.5, 0.6) is 0 Å². The van der Waals surface area contributed by atoms with E-state index in [1.54, 1.807) is 6.20 Å². The molecular formula is C20H27N7O. The largest absolute Gasteiger partial charge is 0.392 e. The number of nitrogens with zero attached hydrogens (tertiary/aromatic N) is 6. The van der Waals surface area contributed by atoms with Crippen molar-refractivity contribution < 1.29 is 5.11 Å². The molecule has 0 aromatic carbocycles. The first-order valence-electron chi connectivity index (χ1n) is 9.70. The zero-order valence-electron chi connectivity index (χ0n) is 16.8. The first-order valence-corrected chi connectivity index (χ1v) is 9.70. The predicted molar refractivity (Wildman–Crippen MR) is 110 cm³/mol. The Balaban J connectivity index is 1.57. The van der Waals surface area contributed by atoms with Crippen LogP contribution in [0.15, 0.2) is 30.7 Å². The smallest absolute Gasteiger partial charge is 0.227 e. The molecule has 1 fully saturated rings. The second-order valence-corrected chi connectivity index (χ2v) is 8.39. The number of hydrogen-bond donors (Lipinski definition) is 2. The van der Waals surface area contributed by atoms with Gasteiger partial charge in [-0.1, -0.05) is 13.8 Å². The number of piperidine rings is 1. The molecule has 2 N–H and O–H groups in total. The molecule has 8 heteroatoms. The lowest BCUT2D eigenvalue weighted by atomic mass is 9.81. The number of aromatic nitrogens is 5. The molecule has 0 radical (unpaired) electrons. The molecule has 0 saturated carbocycles. The summed E-state index contributed by atoms with van der Waals surface area (Å²) in [5, 5.41) is 18.9. The Bertz CT molecular complexity index is 982. The Morgan fingerprint density at radius 1 is 1.21 bits per heavy atom. The van der Waals surface area contributed by atoms with Gasteiger partial charge in [-0.15, -0.1) is 0 Å². The molecule has 4 rings (SSSR count). The maximum atomic E-state index is 10.2. The standard InChI is InChI=1S/C20H27N7O/c1-13(2)27-15-9-18(22-10-14(15)11-23-27)24-17-5-7-21-19(25-17)26-8-6-16(28)20(3,4)12-26/h5,7,9-11,13,16,28H,6,8,12H2,1-4H3,(H,21,22,24,25). The number of pyridine rings is 1. The van der Waals surface area contributed by atoms with E-state index in [9.17, 15) is 5.11 Å². The van der Waals surface area contributed by atoms with Crippen molar-refractivity contribution in [2.24, 2.45) is 5.41 Å². The lowest BCUT2D eigenvalue weighted by molar-refractivity contribution is 0.0332. The normalized spacial score (nSPS) is 19.4. The van der Waals surface area contributed by atoms with Crippen LogP contribution >= 0.6 is 0 Å². The van der Waals surface area contributed by atoms with Crippen molar-refractivity contribution in [2.75, 3.05) is 23.3 Å². The summed E-state index contributed by atoms with van der Waals surface area (Å²) < 4.78 is 1.98. The van der Waals surface area contributed by atoms with Crippen LogP contribution in [-0.2, 0) is 0 Å². The molecule has 3 aromatic rings. The third kappa shape index (κ3) is 3.52. The van der Waals surface area contributed by atoms with Crippen LogP contribution in [0.3, 0.4) is 0 Å². The quantitative estimate of drug-likeness (QED) is 0.717. The number of aliphatic hydroxyl groups is 1. The van der Waals surface area contributed by atoms with Gasteiger partial charge in [0, 0.05) is 48.4 Å². The molecule has 8 nitrogen and oxygen atoms in total. The van der Waals surface area contributed by atoms with E-state index >= 15 is 0 Å². The summed E-state index contributed by atoms with van der Waals surface area (Å²) in [6, 6.07) is 4.10. The van der Waals surface area contributed by atoms with Crippen molar-refractivity contribution in [2.45, 2.75) is 46.3 Å². The minimum atomic E-state index is -0.299. The first kappa shape index (κ1) is 18.6. The molecule has 1 unspecified atom stereocenters. The topological polar surface area (TPSA) is 92.0 Å². The first-order chi connectivity index (χ1) is 13.3. The average molecular weight is 381 g/mol. The van der Waals surface area contributed by atoms with Gasteiger partial charge in [-0.25, -0.2) is 9.97 Å². The third-order valence-electron chi connectivity index (χ3n) is 5.32. The highest BCUT2D eigenvalue weighted by Gasteiger charge is 2.35. The van der Waals surface area contributed by atoms with E-state index in [4.69, 9.17) is 0 Å². The monoisotopic (exact) mass is 381 g/mol. The van der Waals surface area contributed by atoms with E-state index in [0.717, 1.165) is 24.0 Å². The molecule has 1 atom stereocenters. The van der Waals surface area contributed by atoms with E-state index in [1.165, 1.54) is 0 Å². The molecule has 1 aliphatic heterocycles. The molecule has 28 heavy (non-hydrogen) atoms. The molecule has 148 valence electrons. The van der Waals surface area contributed by atoms with Gasteiger partial charge in [0.05, 0.1) is 17.8 Å². The lowest BCUT2D eigenvalue weighted by Crippen LogP contribution is -2.49. The Hall–Kier alpha value is -2.74. The fraction of sp³-hybridized carbons (Fsp3) is 0.500. The summed E-state index contributed by atoms with van der Waals surface area (Å²) >= 11 is 0. The summed E-state index contributed by atoms with van der Waals surface area (Å²) in [4.78, 5) is 15.7. The van der Waals surface area contributed by atoms with Crippen molar-refractivity contribution in [3.8, 4) is 0 Å². The molecule has 0 aliphatic carbocycles. The minimum Gasteiger partial charge on any atom is -0.392 e. The number of aliphatic hydroxyl groups excluding tert-OH is 1. The van der Waals surface area contributed by atoms with Gasteiger partial charge in [-0.3, -0.25) is 4.68 Å². The molecule has 3 aromatic heterocycles. The zero-order chi connectivity index (χ0) is 19.9. The van der Waals surface area contributed by atoms with Crippen LogP contribution < -0.4 is 10.2 Å². The van der Waals surface area contributed by atoms with E-state index < -0.39 is 0 Å². The highest BCUT2D eigenvalue weighted by atomic mass is 16.3. The van der Waals surface area contributed by atoms with E-state index in [0.29, 0.717) is 24.0 Å². The zero-order valence-corrected chi connectivity index (χ0v) is 16.8. The molecule has 0 spiro atoms. The molecule has 0 amide bonds. The average Bonchev–Trinajstić information content (AvgIpc) is 3.07. The van der Waals surface area contributed by atoms with Crippen molar-refractivity contribution in [1.82, 2.24) is 24.7 Å². The van der Waals surface area contributed by atoms with Crippen molar-refractivity contribution in [3.63, 3.8) is 0 Å². The summed E-state index contributed by atoms with van der Waals surface area (Å²) in [6.07, 6.45) is 5.82. The molecule has 1 saturated heterocycles. The molecule has 0 bridgehead atoms. The van der Waals surface area contributed by atoms with Gasteiger partial charge in [0.1, 0.15) is 11.6 Å². The van der Waals surface area contributed by atoms with Gasteiger partial charge in [-0.05, 0) is 26.3 Å². The van der Waals surface area contributed by atoms with Gasteiger partial charge in [0.15, 0.2) is 0 Å². The minimum absolute atomic E-state index is 0.188. The highest BCUT2D eigenvalue weighted by molar-refractivity contribution is 5.81. The van der Waals surface area contributed by atoms with E-state index in [-0.39, 0.29) is 17.6 Å². The summed E-state index contributed by atoms with van der Waals surface area (Å²) in [5.41, 5.74) is 0.848. The van der Waals surface area contributed by atoms with E-state index in [1.807, 2.05) is 29.2 Å². The maximum absolute atomic E-state index is 10.2. The van der Waals surface area contributed by atoms with Crippen LogP contribution in [0.2, 0.25) is 0 Å². The van der Waals surface area contributed by atoms with E-state index in [2.05, 4.69) is 58.0 Å². The second kappa shape index (κ2) is 7.01. The van der Waals surface area contributed by atoms with Crippen molar-refractivity contribution in [3.05, 3.63) is 30.7 Å². The summed E-state index contributed by atoms with van der Waals surface area (Å²) in [5.74, 6) is 2.07. The summed E-state index contributed by atoms with van der Waals surface area (Å²) in [7, 11) is 0.